The topological polar surface area (TPSA) is 105 Å². The second-order valence-corrected chi connectivity index (χ2v) is 7.20. The van der Waals surface area contributed by atoms with Crippen molar-refractivity contribution in [1.29, 1.82) is 0 Å². The summed E-state index contributed by atoms with van der Waals surface area (Å²) in [6, 6.07) is 11.4. The standard InChI is InChI=1S/C21H20N2O6S/c1-3-29-15-7-5-14(6-8-15)22-19(25)12-23-20(26)18(30-21(23)27)11-13-4-9-17(28-2)16(24)10-13/h4-11,24H,3,12H2,1-2H3,(H,22,25)/b18-11-. The second kappa shape index (κ2) is 9.36. The molecular weight excluding hydrogens is 408 g/mol. The van der Waals surface area contributed by atoms with Gasteiger partial charge in [-0.3, -0.25) is 19.3 Å². The predicted octanol–water partition coefficient (Wildman–Crippen LogP) is 3.47. The van der Waals surface area contributed by atoms with Gasteiger partial charge in [0, 0.05) is 5.69 Å². The van der Waals surface area contributed by atoms with Gasteiger partial charge in [-0.15, -0.1) is 0 Å². The summed E-state index contributed by atoms with van der Waals surface area (Å²) in [5.41, 5.74) is 1.05. The Morgan fingerprint density at radius 3 is 2.57 bits per heavy atom. The van der Waals surface area contributed by atoms with Crippen LogP contribution in [-0.2, 0) is 9.59 Å². The molecule has 0 spiro atoms. The van der Waals surface area contributed by atoms with Crippen LogP contribution in [0.25, 0.3) is 6.08 Å². The number of phenolic OH excluding ortho intramolecular Hbond substituents is 1. The molecule has 30 heavy (non-hydrogen) atoms. The number of hydrogen-bond acceptors (Lipinski definition) is 7. The quantitative estimate of drug-likeness (QED) is 0.651. The van der Waals surface area contributed by atoms with E-state index in [4.69, 9.17) is 9.47 Å². The minimum Gasteiger partial charge on any atom is -0.504 e. The maximum absolute atomic E-state index is 12.6. The Morgan fingerprint density at radius 1 is 1.20 bits per heavy atom. The number of methoxy groups -OCH3 is 1. The molecule has 1 saturated heterocycles. The SMILES string of the molecule is CCOc1ccc(NC(=O)CN2C(=O)S/C(=C\c3ccc(OC)c(O)c3)C2=O)cc1. The van der Waals surface area contributed by atoms with Crippen molar-refractivity contribution in [2.75, 3.05) is 25.6 Å². The number of benzene rings is 2. The number of carbonyl (C=O) groups excluding carboxylic acids is 3. The number of rotatable bonds is 7. The second-order valence-electron chi connectivity index (χ2n) is 6.20. The minimum atomic E-state index is -0.567. The van der Waals surface area contributed by atoms with Crippen molar-refractivity contribution in [2.45, 2.75) is 6.92 Å². The van der Waals surface area contributed by atoms with Crippen LogP contribution in [0, 0.1) is 0 Å². The molecule has 2 aromatic carbocycles. The molecule has 1 aliphatic rings. The third kappa shape index (κ3) is 4.93. The first-order valence-corrected chi connectivity index (χ1v) is 9.88. The van der Waals surface area contributed by atoms with Crippen molar-refractivity contribution in [2.24, 2.45) is 0 Å². The van der Waals surface area contributed by atoms with Crippen molar-refractivity contribution in [3.8, 4) is 17.2 Å². The zero-order valence-corrected chi connectivity index (χ0v) is 17.2. The van der Waals surface area contributed by atoms with E-state index in [0.29, 0.717) is 29.4 Å². The molecule has 0 radical (unpaired) electrons. The number of phenols is 1. The van der Waals surface area contributed by atoms with Crippen LogP contribution in [0.4, 0.5) is 10.5 Å². The molecular formula is C21H20N2O6S. The number of hydrogen-bond donors (Lipinski definition) is 2. The average Bonchev–Trinajstić information content (AvgIpc) is 2.97. The van der Waals surface area contributed by atoms with E-state index in [1.54, 1.807) is 36.4 Å². The van der Waals surface area contributed by atoms with E-state index in [1.807, 2.05) is 6.92 Å². The molecule has 2 aromatic rings. The van der Waals surface area contributed by atoms with Crippen LogP contribution in [0.2, 0.25) is 0 Å². The van der Waals surface area contributed by atoms with E-state index < -0.39 is 23.6 Å². The fourth-order valence-electron chi connectivity index (χ4n) is 2.73. The van der Waals surface area contributed by atoms with Crippen LogP contribution in [-0.4, -0.2) is 47.3 Å². The third-order valence-corrected chi connectivity index (χ3v) is 5.03. The number of nitrogens with zero attached hydrogens (tertiary/aromatic N) is 1. The van der Waals surface area contributed by atoms with Gasteiger partial charge in [-0.25, -0.2) is 0 Å². The van der Waals surface area contributed by atoms with E-state index in [9.17, 15) is 19.5 Å². The molecule has 8 nitrogen and oxygen atoms in total. The first-order valence-electron chi connectivity index (χ1n) is 9.06. The number of thioether (sulfide) groups is 1. The van der Waals surface area contributed by atoms with Crippen molar-refractivity contribution in [1.82, 2.24) is 4.90 Å². The number of ether oxygens (including phenoxy) is 2. The molecule has 0 aromatic heterocycles. The highest BCUT2D eigenvalue weighted by Crippen LogP contribution is 2.34. The summed E-state index contributed by atoms with van der Waals surface area (Å²) >= 11 is 0.737. The molecule has 3 rings (SSSR count). The zero-order chi connectivity index (χ0) is 21.7. The van der Waals surface area contributed by atoms with Gasteiger partial charge in [-0.1, -0.05) is 6.07 Å². The molecule has 156 valence electrons. The molecule has 9 heteroatoms. The van der Waals surface area contributed by atoms with Crippen molar-refractivity contribution in [3.63, 3.8) is 0 Å². The molecule has 0 unspecified atom stereocenters. The molecule has 3 amide bonds. The van der Waals surface area contributed by atoms with Crippen LogP contribution in [0.15, 0.2) is 47.4 Å². The lowest BCUT2D eigenvalue weighted by Crippen LogP contribution is -2.36. The Hall–Kier alpha value is -3.46. The largest absolute Gasteiger partial charge is 0.504 e. The normalized spacial score (nSPS) is 14.9. The summed E-state index contributed by atoms with van der Waals surface area (Å²) in [7, 11) is 1.43. The summed E-state index contributed by atoms with van der Waals surface area (Å²) in [6.07, 6.45) is 1.48. The Bertz CT molecular complexity index is 1000. The van der Waals surface area contributed by atoms with Crippen LogP contribution in [0.5, 0.6) is 17.2 Å². The van der Waals surface area contributed by atoms with Gasteiger partial charge in [0.2, 0.25) is 5.91 Å². The van der Waals surface area contributed by atoms with Crippen LogP contribution >= 0.6 is 11.8 Å². The number of amides is 3. The molecule has 0 atom stereocenters. The maximum atomic E-state index is 12.6. The van der Waals surface area contributed by atoms with Gasteiger partial charge in [-0.05, 0) is 66.7 Å². The zero-order valence-electron chi connectivity index (χ0n) is 16.4. The van der Waals surface area contributed by atoms with Crippen LogP contribution < -0.4 is 14.8 Å². The van der Waals surface area contributed by atoms with Gasteiger partial charge >= 0.3 is 0 Å². The van der Waals surface area contributed by atoms with Crippen molar-refractivity contribution in [3.05, 3.63) is 52.9 Å². The van der Waals surface area contributed by atoms with E-state index >= 15 is 0 Å². The summed E-state index contributed by atoms with van der Waals surface area (Å²) in [4.78, 5) is 38.1. The third-order valence-electron chi connectivity index (χ3n) is 4.13. The van der Waals surface area contributed by atoms with Crippen molar-refractivity contribution < 1.29 is 29.0 Å². The Balaban J connectivity index is 1.65. The minimum absolute atomic E-state index is 0.0831. The van der Waals surface area contributed by atoms with Crippen LogP contribution in [0.1, 0.15) is 12.5 Å². The van der Waals surface area contributed by atoms with Crippen LogP contribution in [0.3, 0.4) is 0 Å². The number of carbonyl (C=O) groups is 3. The van der Waals surface area contributed by atoms with Gasteiger partial charge in [0.15, 0.2) is 11.5 Å². The monoisotopic (exact) mass is 428 g/mol. The summed E-state index contributed by atoms with van der Waals surface area (Å²) in [5, 5.41) is 12.0. The van der Waals surface area contributed by atoms with Crippen molar-refractivity contribution >= 4 is 40.6 Å². The molecule has 0 saturated carbocycles. The fourth-order valence-corrected chi connectivity index (χ4v) is 3.57. The molecule has 1 fully saturated rings. The Kier molecular flexibility index (Phi) is 6.63. The van der Waals surface area contributed by atoms with E-state index in [1.165, 1.54) is 19.3 Å². The lowest BCUT2D eigenvalue weighted by Gasteiger charge is -2.12. The Labute approximate surface area is 177 Å². The smallest absolute Gasteiger partial charge is 0.294 e. The van der Waals surface area contributed by atoms with E-state index in [0.717, 1.165) is 16.7 Å². The number of aromatic hydroxyl groups is 1. The highest BCUT2D eigenvalue weighted by atomic mass is 32.2. The Morgan fingerprint density at radius 2 is 1.93 bits per heavy atom. The first kappa shape index (κ1) is 21.3. The van der Waals surface area contributed by atoms with Gasteiger partial charge < -0.3 is 19.9 Å². The highest BCUT2D eigenvalue weighted by Gasteiger charge is 2.36. The number of nitrogens with one attached hydrogen (secondary N) is 1. The molecule has 2 N–H and O–H groups in total. The number of imide groups is 1. The average molecular weight is 428 g/mol. The molecule has 0 bridgehead atoms. The fraction of sp³-hybridized carbons (Fsp3) is 0.190. The maximum Gasteiger partial charge on any atom is 0.294 e. The predicted molar refractivity (Wildman–Crippen MR) is 114 cm³/mol. The van der Waals surface area contributed by atoms with Gasteiger partial charge in [0.1, 0.15) is 12.3 Å². The van der Waals surface area contributed by atoms with E-state index in [2.05, 4.69) is 5.32 Å². The summed E-state index contributed by atoms with van der Waals surface area (Å²) in [5.74, 6) is -0.172. The lowest BCUT2D eigenvalue weighted by molar-refractivity contribution is -0.127. The van der Waals surface area contributed by atoms with E-state index in [-0.39, 0.29) is 10.7 Å². The first-order chi connectivity index (χ1) is 14.4. The molecule has 1 heterocycles. The van der Waals surface area contributed by atoms with Gasteiger partial charge in [0.05, 0.1) is 18.6 Å². The van der Waals surface area contributed by atoms with Gasteiger partial charge in [-0.2, -0.15) is 0 Å². The number of anilines is 1. The lowest BCUT2D eigenvalue weighted by atomic mass is 10.2. The summed E-state index contributed by atoms with van der Waals surface area (Å²) < 4.78 is 10.3. The molecule has 0 aliphatic carbocycles. The van der Waals surface area contributed by atoms with Gasteiger partial charge in [0.25, 0.3) is 11.1 Å². The molecule has 1 aliphatic heterocycles. The summed E-state index contributed by atoms with van der Waals surface area (Å²) in [6.45, 7) is 2.01. The highest BCUT2D eigenvalue weighted by molar-refractivity contribution is 8.18.